The van der Waals surface area contributed by atoms with Crippen LogP contribution in [0.4, 0.5) is 0 Å². The normalized spacial score (nSPS) is 8.62. The third-order valence-corrected chi connectivity index (χ3v) is 1.39. The van der Waals surface area contributed by atoms with Gasteiger partial charge in [0.05, 0.1) is 12.8 Å². The Hall–Kier alpha value is -1.63. The Balaban J connectivity index is 0. The van der Waals surface area contributed by atoms with E-state index in [1.54, 1.807) is 0 Å². The zero-order chi connectivity index (χ0) is 13.0. The maximum atomic E-state index is 10.1. The highest BCUT2D eigenvalue weighted by Gasteiger charge is 2.00. The van der Waals surface area contributed by atoms with Crippen LogP contribution in [0.25, 0.3) is 0 Å². The zero-order valence-corrected chi connectivity index (χ0v) is 9.01. The summed E-state index contributed by atoms with van der Waals surface area (Å²) in [5.74, 6) is -2.70. The van der Waals surface area contributed by atoms with Gasteiger partial charge in [0.1, 0.15) is 0 Å². The Labute approximate surface area is 92.6 Å². The van der Waals surface area contributed by atoms with E-state index in [1.165, 1.54) is 0 Å². The maximum absolute atomic E-state index is 10.1. The molecule has 0 aliphatic carbocycles. The summed E-state index contributed by atoms with van der Waals surface area (Å²) < 4.78 is 0. The molecule has 0 fully saturated rings. The quantitative estimate of drug-likeness (QED) is 0.466. The lowest BCUT2D eigenvalue weighted by Gasteiger charge is -1.90. The second-order valence-corrected chi connectivity index (χ2v) is 2.85. The summed E-state index contributed by atoms with van der Waals surface area (Å²) in [5, 5.41) is 23.5. The third-order valence-electron chi connectivity index (χ3n) is 1.39. The lowest BCUT2D eigenvalue weighted by molar-refractivity contribution is -0.234. The van der Waals surface area contributed by atoms with Crippen molar-refractivity contribution in [2.75, 3.05) is 0 Å². The number of hydrogen-bond acceptors (Lipinski definition) is 5. The number of unbranched alkanes of at least 4 members (excludes halogenated alkanes) is 1. The first-order valence-corrected chi connectivity index (χ1v) is 4.71. The fraction of sp³-hybridized carbons (Fsp3) is 0.667. The average Bonchev–Trinajstić information content (AvgIpc) is 2.23. The molecule has 0 radical (unpaired) electrons. The van der Waals surface area contributed by atoms with Gasteiger partial charge in [0, 0.05) is 6.42 Å². The summed E-state index contributed by atoms with van der Waals surface area (Å²) in [6, 6.07) is 0. The molecule has 3 N–H and O–H groups in total. The second-order valence-electron chi connectivity index (χ2n) is 2.85. The monoisotopic (exact) mass is 236 g/mol. The van der Waals surface area contributed by atoms with Gasteiger partial charge in [-0.3, -0.25) is 9.59 Å². The van der Waals surface area contributed by atoms with Crippen LogP contribution in [-0.4, -0.2) is 33.4 Å². The molecule has 0 aromatic rings. The molecular formula is C9H16O7. The molecule has 0 aromatic heterocycles. The van der Waals surface area contributed by atoms with Gasteiger partial charge < -0.3 is 15.1 Å². The number of carbonyl (C=O) groups is 3. The molecule has 7 heteroatoms. The molecule has 0 aliphatic heterocycles. The third kappa shape index (κ3) is 18.2. The van der Waals surface area contributed by atoms with Crippen molar-refractivity contribution in [3.63, 3.8) is 0 Å². The van der Waals surface area contributed by atoms with E-state index in [4.69, 9.17) is 15.5 Å². The highest BCUT2D eigenvalue weighted by atomic mass is 17.1. The van der Waals surface area contributed by atoms with Gasteiger partial charge in [0.2, 0.25) is 0 Å². The van der Waals surface area contributed by atoms with Crippen molar-refractivity contribution in [3.8, 4) is 0 Å². The largest absolute Gasteiger partial charge is 0.481 e. The minimum absolute atomic E-state index is 0.296. The predicted molar refractivity (Wildman–Crippen MR) is 52.8 cm³/mol. The van der Waals surface area contributed by atoms with Crippen LogP contribution in [0.3, 0.4) is 0 Å². The number of hydrogen-bond donors (Lipinski definition) is 3. The topological polar surface area (TPSA) is 121 Å². The van der Waals surface area contributed by atoms with Crippen LogP contribution in [0.5, 0.6) is 0 Å². The molecule has 0 bridgehead atoms. The smallest absolute Gasteiger partial charge is 0.342 e. The first-order chi connectivity index (χ1) is 7.43. The van der Waals surface area contributed by atoms with Gasteiger partial charge in [0.15, 0.2) is 0 Å². The summed E-state index contributed by atoms with van der Waals surface area (Å²) in [4.78, 5) is 32.8. The highest BCUT2D eigenvalue weighted by Crippen LogP contribution is 1.93. The van der Waals surface area contributed by atoms with Crippen LogP contribution in [-0.2, 0) is 19.3 Å². The fourth-order valence-electron chi connectivity index (χ4n) is 0.581. The Morgan fingerprint density at radius 1 is 1.00 bits per heavy atom. The Morgan fingerprint density at radius 3 is 1.69 bits per heavy atom. The van der Waals surface area contributed by atoms with Crippen LogP contribution in [0.15, 0.2) is 0 Å². The molecule has 0 heterocycles. The van der Waals surface area contributed by atoms with Gasteiger partial charge in [-0.25, -0.2) is 4.79 Å². The van der Waals surface area contributed by atoms with Crippen molar-refractivity contribution >= 4 is 17.9 Å². The molecule has 94 valence electrons. The van der Waals surface area contributed by atoms with Gasteiger partial charge in [-0.1, -0.05) is 13.3 Å². The van der Waals surface area contributed by atoms with Crippen LogP contribution in [0.2, 0.25) is 0 Å². The molecule has 0 saturated carbocycles. The van der Waals surface area contributed by atoms with Crippen LogP contribution >= 0.6 is 0 Å². The molecule has 0 aromatic carbocycles. The van der Waals surface area contributed by atoms with Crippen molar-refractivity contribution in [2.45, 2.75) is 39.0 Å². The first-order valence-electron chi connectivity index (χ1n) is 4.71. The number of carboxylic acid groups (broad SMARTS) is 2. The van der Waals surface area contributed by atoms with Gasteiger partial charge in [-0.2, -0.15) is 5.26 Å². The van der Waals surface area contributed by atoms with Crippen molar-refractivity contribution in [1.82, 2.24) is 0 Å². The van der Waals surface area contributed by atoms with E-state index in [0.717, 1.165) is 12.8 Å². The summed E-state index contributed by atoms with van der Waals surface area (Å²) in [7, 11) is 0. The SMILES string of the molecule is CCCCC(=O)OO.O=C(O)CCC(=O)O. The molecule has 0 amide bonds. The molecular weight excluding hydrogens is 220 g/mol. The van der Waals surface area contributed by atoms with E-state index in [2.05, 4.69) is 4.89 Å². The van der Waals surface area contributed by atoms with Crippen LogP contribution in [0, 0.1) is 0 Å². The van der Waals surface area contributed by atoms with Crippen LogP contribution < -0.4 is 0 Å². The van der Waals surface area contributed by atoms with E-state index in [9.17, 15) is 14.4 Å². The predicted octanol–water partition coefficient (Wildman–Crippen LogP) is 1.13. The molecule has 0 aliphatic rings. The molecule has 0 saturated heterocycles. The Bertz CT molecular complexity index is 210. The van der Waals surface area contributed by atoms with Gasteiger partial charge in [0.25, 0.3) is 0 Å². The van der Waals surface area contributed by atoms with E-state index < -0.39 is 17.9 Å². The summed E-state index contributed by atoms with van der Waals surface area (Å²) in [6.07, 6.45) is 1.44. The van der Waals surface area contributed by atoms with Gasteiger partial charge >= 0.3 is 17.9 Å². The number of aliphatic carboxylic acids is 2. The van der Waals surface area contributed by atoms with E-state index >= 15 is 0 Å². The molecule has 0 atom stereocenters. The highest BCUT2D eigenvalue weighted by molar-refractivity contribution is 5.75. The number of carbonyl (C=O) groups excluding carboxylic acids is 1. The zero-order valence-electron chi connectivity index (χ0n) is 9.01. The van der Waals surface area contributed by atoms with E-state index in [-0.39, 0.29) is 12.8 Å². The lowest BCUT2D eigenvalue weighted by Crippen LogP contribution is -2.00. The molecule has 0 unspecified atom stereocenters. The fourth-order valence-corrected chi connectivity index (χ4v) is 0.581. The second kappa shape index (κ2) is 11.4. The van der Waals surface area contributed by atoms with Crippen molar-refractivity contribution in [1.29, 1.82) is 0 Å². The minimum atomic E-state index is -1.08. The standard InChI is InChI=1S/C5H10O3.C4H6O4/c1-2-3-4-5(6)8-7;5-3(6)1-2-4(7)8/h7H,2-4H2,1H3;1-2H2,(H,5,6)(H,7,8). The summed E-state index contributed by atoms with van der Waals surface area (Å²) >= 11 is 0. The van der Waals surface area contributed by atoms with Gasteiger partial charge in [-0.05, 0) is 6.42 Å². The van der Waals surface area contributed by atoms with Crippen molar-refractivity contribution < 1.29 is 34.7 Å². The lowest BCUT2D eigenvalue weighted by atomic mass is 10.3. The molecule has 16 heavy (non-hydrogen) atoms. The van der Waals surface area contributed by atoms with Crippen molar-refractivity contribution in [3.05, 3.63) is 0 Å². The molecule has 7 nitrogen and oxygen atoms in total. The Kier molecular flexibility index (Phi) is 12.0. The van der Waals surface area contributed by atoms with E-state index in [1.807, 2.05) is 6.92 Å². The number of rotatable bonds is 6. The average molecular weight is 236 g/mol. The number of carboxylic acids is 2. The van der Waals surface area contributed by atoms with E-state index in [0.29, 0.717) is 6.42 Å². The Morgan fingerprint density at radius 2 is 1.44 bits per heavy atom. The first kappa shape index (κ1) is 16.8. The molecule has 0 rings (SSSR count). The van der Waals surface area contributed by atoms with Crippen molar-refractivity contribution in [2.24, 2.45) is 0 Å². The molecule has 0 spiro atoms. The summed E-state index contributed by atoms with van der Waals surface area (Å²) in [6.45, 7) is 1.96. The van der Waals surface area contributed by atoms with Gasteiger partial charge in [-0.15, -0.1) is 0 Å². The maximum Gasteiger partial charge on any atom is 0.342 e. The minimum Gasteiger partial charge on any atom is -0.481 e. The van der Waals surface area contributed by atoms with Crippen LogP contribution in [0.1, 0.15) is 39.0 Å². The summed E-state index contributed by atoms with van der Waals surface area (Å²) in [5.41, 5.74) is 0.